The lowest BCUT2D eigenvalue weighted by Gasteiger charge is -2.06. The second-order valence-corrected chi connectivity index (χ2v) is 4.24. The number of rotatable bonds is 6. The number of carbonyl (C=O) groups excluding carboxylic acids is 1. The number of nitrogen functional groups attached to an aromatic ring is 1. The Morgan fingerprint density at radius 1 is 1.59 bits per heavy atom. The Labute approximate surface area is 109 Å². The van der Waals surface area contributed by atoms with Gasteiger partial charge in [0, 0.05) is 22.3 Å². The average molecular weight is 299 g/mol. The maximum atomic E-state index is 11.7. The third kappa shape index (κ3) is 4.48. The molecule has 3 N–H and O–H groups in total. The van der Waals surface area contributed by atoms with E-state index in [-0.39, 0.29) is 5.91 Å². The predicted molar refractivity (Wildman–Crippen MR) is 71.7 cm³/mol. The third-order valence-corrected chi connectivity index (χ3v) is 2.82. The molecule has 1 amide bonds. The van der Waals surface area contributed by atoms with Crippen LogP contribution in [-0.2, 0) is 4.74 Å². The van der Waals surface area contributed by atoms with Gasteiger partial charge in [-0.15, -0.1) is 0 Å². The van der Waals surface area contributed by atoms with Crippen molar-refractivity contribution in [2.45, 2.75) is 6.42 Å². The average Bonchev–Trinajstić information content (AvgIpc) is 2.32. The Kier molecular flexibility index (Phi) is 5.56. The van der Waals surface area contributed by atoms with E-state index in [0.717, 1.165) is 10.9 Å². The van der Waals surface area contributed by atoms with Gasteiger partial charge in [0.2, 0.25) is 0 Å². The zero-order valence-electron chi connectivity index (χ0n) is 9.41. The maximum Gasteiger partial charge on any atom is 0.251 e. The molecule has 0 aliphatic heterocycles. The Bertz CT molecular complexity index is 407. The van der Waals surface area contributed by atoms with Crippen molar-refractivity contribution in [2.24, 2.45) is 0 Å². The fourth-order valence-corrected chi connectivity index (χ4v) is 1.47. The molecule has 0 heterocycles. The molecule has 1 rings (SSSR count). The van der Waals surface area contributed by atoms with Gasteiger partial charge >= 0.3 is 0 Å². The minimum atomic E-state index is -0.136. The highest BCUT2D eigenvalue weighted by molar-refractivity contribution is 9.10. The standard InChI is InChI=1S/C12H15BrN2O2/c1-2-17-7-3-6-15-12(16)9-4-5-10(13)11(14)8-9/h2,4-5,8H,1,3,6-7,14H2,(H,15,16). The molecular formula is C12H15BrN2O2. The van der Waals surface area contributed by atoms with Crippen molar-refractivity contribution < 1.29 is 9.53 Å². The lowest BCUT2D eigenvalue weighted by atomic mass is 10.2. The molecule has 0 aliphatic carbocycles. The van der Waals surface area contributed by atoms with Crippen LogP contribution in [0.2, 0.25) is 0 Å². The number of amides is 1. The van der Waals surface area contributed by atoms with Gasteiger partial charge in [-0.2, -0.15) is 0 Å². The van der Waals surface area contributed by atoms with Gasteiger partial charge in [0.15, 0.2) is 0 Å². The van der Waals surface area contributed by atoms with Crippen LogP contribution < -0.4 is 11.1 Å². The Morgan fingerprint density at radius 2 is 2.35 bits per heavy atom. The van der Waals surface area contributed by atoms with Gasteiger partial charge in [-0.3, -0.25) is 4.79 Å². The number of hydrogen-bond donors (Lipinski definition) is 2. The minimum Gasteiger partial charge on any atom is -0.502 e. The molecule has 1 aromatic rings. The summed E-state index contributed by atoms with van der Waals surface area (Å²) in [6, 6.07) is 5.11. The van der Waals surface area contributed by atoms with Crippen LogP contribution in [0.3, 0.4) is 0 Å². The van der Waals surface area contributed by atoms with Crippen molar-refractivity contribution in [3.8, 4) is 0 Å². The van der Waals surface area contributed by atoms with Crippen molar-refractivity contribution >= 4 is 27.5 Å². The molecule has 0 saturated heterocycles. The summed E-state index contributed by atoms with van der Waals surface area (Å²) in [7, 11) is 0. The van der Waals surface area contributed by atoms with Crippen molar-refractivity contribution in [1.82, 2.24) is 5.32 Å². The molecule has 0 fully saturated rings. The summed E-state index contributed by atoms with van der Waals surface area (Å²) in [5.74, 6) is -0.136. The third-order valence-electron chi connectivity index (χ3n) is 2.10. The molecule has 0 spiro atoms. The Hall–Kier alpha value is -1.49. The SMILES string of the molecule is C=COCCCNC(=O)c1ccc(Br)c(N)c1. The predicted octanol–water partition coefficient (Wildman–Crippen LogP) is 2.31. The van der Waals surface area contributed by atoms with Crippen LogP contribution in [0, 0.1) is 0 Å². The lowest BCUT2D eigenvalue weighted by molar-refractivity contribution is 0.0950. The van der Waals surface area contributed by atoms with Crippen LogP contribution in [0.1, 0.15) is 16.8 Å². The lowest BCUT2D eigenvalue weighted by Crippen LogP contribution is -2.25. The topological polar surface area (TPSA) is 64.3 Å². The number of nitrogens with one attached hydrogen (secondary N) is 1. The van der Waals surface area contributed by atoms with E-state index in [2.05, 4.69) is 27.8 Å². The van der Waals surface area contributed by atoms with E-state index in [1.807, 2.05) is 0 Å². The molecule has 4 nitrogen and oxygen atoms in total. The van der Waals surface area contributed by atoms with Gasteiger partial charge in [-0.1, -0.05) is 6.58 Å². The van der Waals surface area contributed by atoms with Crippen LogP contribution >= 0.6 is 15.9 Å². The van der Waals surface area contributed by atoms with Crippen molar-refractivity contribution in [3.05, 3.63) is 41.1 Å². The summed E-state index contributed by atoms with van der Waals surface area (Å²) in [5, 5.41) is 2.78. The number of ether oxygens (including phenoxy) is 1. The van der Waals surface area contributed by atoms with E-state index < -0.39 is 0 Å². The number of benzene rings is 1. The van der Waals surface area contributed by atoms with Crippen LogP contribution in [0.15, 0.2) is 35.5 Å². The van der Waals surface area contributed by atoms with Crippen LogP contribution in [0.5, 0.6) is 0 Å². The zero-order valence-corrected chi connectivity index (χ0v) is 11.0. The van der Waals surface area contributed by atoms with Gasteiger partial charge in [0.25, 0.3) is 5.91 Å². The van der Waals surface area contributed by atoms with Gasteiger partial charge in [-0.05, 0) is 40.5 Å². The summed E-state index contributed by atoms with van der Waals surface area (Å²) in [6.45, 7) is 4.54. The van der Waals surface area contributed by atoms with E-state index in [9.17, 15) is 4.79 Å². The fourth-order valence-electron chi connectivity index (χ4n) is 1.23. The molecule has 17 heavy (non-hydrogen) atoms. The molecule has 0 radical (unpaired) electrons. The Morgan fingerprint density at radius 3 is 3.00 bits per heavy atom. The van der Waals surface area contributed by atoms with Gasteiger partial charge < -0.3 is 15.8 Å². The molecule has 5 heteroatoms. The van der Waals surface area contributed by atoms with Gasteiger partial charge in [0.05, 0.1) is 12.9 Å². The zero-order chi connectivity index (χ0) is 12.7. The van der Waals surface area contributed by atoms with E-state index in [1.165, 1.54) is 6.26 Å². The summed E-state index contributed by atoms with van der Waals surface area (Å²) >= 11 is 3.28. The highest BCUT2D eigenvalue weighted by Crippen LogP contribution is 2.19. The maximum absolute atomic E-state index is 11.7. The summed E-state index contributed by atoms with van der Waals surface area (Å²) in [5.41, 5.74) is 6.79. The number of carbonyl (C=O) groups is 1. The van der Waals surface area contributed by atoms with Crippen molar-refractivity contribution in [3.63, 3.8) is 0 Å². The molecule has 1 aromatic carbocycles. The monoisotopic (exact) mass is 298 g/mol. The van der Waals surface area contributed by atoms with Crippen LogP contribution in [-0.4, -0.2) is 19.1 Å². The highest BCUT2D eigenvalue weighted by atomic mass is 79.9. The van der Waals surface area contributed by atoms with Crippen LogP contribution in [0.4, 0.5) is 5.69 Å². The Balaban J connectivity index is 2.41. The second-order valence-electron chi connectivity index (χ2n) is 3.38. The number of halogens is 1. The quantitative estimate of drug-likeness (QED) is 0.481. The van der Waals surface area contributed by atoms with E-state index >= 15 is 0 Å². The first kappa shape index (κ1) is 13.6. The molecule has 0 aliphatic rings. The molecular weight excluding hydrogens is 284 g/mol. The molecule has 0 bridgehead atoms. The molecule has 0 aromatic heterocycles. The molecule has 0 unspecified atom stereocenters. The van der Waals surface area contributed by atoms with E-state index in [1.54, 1.807) is 18.2 Å². The summed E-state index contributed by atoms with van der Waals surface area (Å²) in [6.07, 6.45) is 2.13. The van der Waals surface area contributed by atoms with Crippen LogP contribution in [0.25, 0.3) is 0 Å². The fraction of sp³-hybridized carbons (Fsp3) is 0.250. The van der Waals surface area contributed by atoms with Gasteiger partial charge in [-0.25, -0.2) is 0 Å². The number of anilines is 1. The van der Waals surface area contributed by atoms with E-state index in [4.69, 9.17) is 10.5 Å². The first-order chi connectivity index (χ1) is 8.15. The summed E-state index contributed by atoms with van der Waals surface area (Å²) in [4.78, 5) is 11.7. The second kappa shape index (κ2) is 6.96. The number of nitrogens with two attached hydrogens (primary N) is 1. The smallest absolute Gasteiger partial charge is 0.251 e. The van der Waals surface area contributed by atoms with Crippen molar-refractivity contribution in [2.75, 3.05) is 18.9 Å². The normalized spacial score (nSPS) is 9.71. The molecule has 0 saturated carbocycles. The van der Waals surface area contributed by atoms with Crippen molar-refractivity contribution in [1.29, 1.82) is 0 Å². The highest BCUT2D eigenvalue weighted by Gasteiger charge is 2.06. The molecule has 92 valence electrons. The van der Waals surface area contributed by atoms with E-state index in [0.29, 0.717) is 24.4 Å². The molecule has 0 atom stereocenters. The summed E-state index contributed by atoms with van der Waals surface area (Å²) < 4.78 is 5.73. The first-order valence-corrected chi connectivity index (χ1v) is 6.00. The minimum absolute atomic E-state index is 0.136. The largest absolute Gasteiger partial charge is 0.502 e. The number of hydrogen-bond acceptors (Lipinski definition) is 3. The van der Waals surface area contributed by atoms with Gasteiger partial charge in [0.1, 0.15) is 0 Å². The first-order valence-electron chi connectivity index (χ1n) is 5.21.